The summed E-state index contributed by atoms with van der Waals surface area (Å²) in [6, 6.07) is 0. The molecule has 0 amide bonds. The fourth-order valence-electron chi connectivity index (χ4n) is 6.65. The molecule has 6 N–H and O–H groups in total. The van der Waals surface area contributed by atoms with Crippen LogP contribution in [0.25, 0.3) is 0 Å². The average molecular weight is 731 g/mol. The molecule has 6 heteroatoms. The van der Waals surface area contributed by atoms with E-state index < -0.39 is 12.2 Å². The van der Waals surface area contributed by atoms with Crippen molar-refractivity contribution in [1.82, 2.24) is 9.80 Å². The lowest BCUT2D eigenvalue weighted by Crippen LogP contribution is -2.39. The molecule has 0 radical (unpaired) electrons. The smallest absolute Gasteiger partial charge is 0.0789 e. The molecule has 0 aliphatic rings. The topological polar surface area (TPSA) is 99.0 Å². The third-order valence-electron chi connectivity index (χ3n) is 10.0. The number of aliphatic hydroxyl groups excluding tert-OH is 2. The van der Waals surface area contributed by atoms with Gasteiger partial charge in [0, 0.05) is 26.2 Å². The Hall–Kier alpha value is -1.28. The van der Waals surface area contributed by atoms with E-state index in [-0.39, 0.29) is 0 Å². The Morgan fingerprint density at radius 3 is 0.962 bits per heavy atom. The number of rotatable bonds is 41. The molecule has 0 aromatic rings. The largest absolute Gasteiger partial charge is 0.390 e. The van der Waals surface area contributed by atoms with E-state index in [0.29, 0.717) is 26.2 Å². The molecule has 0 saturated carbocycles. The van der Waals surface area contributed by atoms with Crippen LogP contribution in [0.2, 0.25) is 0 Å². The highest BCUT2D eigenvalue weighted by atomic mass is 16.3. The third-order valence-corrected chi connectivity index (χ3v) is 10.0. The zero-order valence-corrected chi connectivity index (χ0v) is 34.8. The average Bonchev–Trinajstić information content (AvgIpc) is 3.15. The Morgan fingerprint density at radius 1 is 0.385 bits per heavy atom. The molecule has 0 aliphatic heterocycles. The van der Waals surface area contributed by atoms with E-state index in [2.05, 4.69) is 72.3 Å². The number of allylic oxidation sites excluding steroid dienone is 8. The first kappa shape index (κ1) is 50.7. The van der Waals surface area contributed by atoms with Gasteiger partial charge in [0.25, 0.3) is 0 Å². The van der Waals surface area contributed by atoms with Crippen molar-refractivity contribution in [2.24, 2.45) is 11.5 Å². The summed E-state index contributed by atoms with van der Waals surface area (Å²) in [6.45, 7) is 10.5. The second-order valence-electron chi connectivity index (χ2n) is 15.3. The first-order valence-electron chi connectivity index (χ1n) is 22.4. The van der Waals surface area contributed by atoms with Crippen LogP contribution in [0, 0.1) is 0 Å². The van der Waals surface area contributed by atoms with Gasteiger partial charge in [0.15, 0.2) is 0 Å². The Kier molecular flexibility index (Phi) is 41.4. The third kappa shape index (κ3) is 38.4. The number of unbranched alkanes of at least 4 members (excludes halogenated alkanes) is 19. The summed E-state index contributed by atoms with van der Waals surface area (Å²) in [6.07, 6.45) is 50.2. The highest BCUT2D eigenvalue weighted by molar-refractivity contribution is 4.93. The summed E-state index contributed by atoms with van der Waals surface area (Å²) in [5.74, 6) is 0. The Labute approximate surface area is 324 Å². The molecule has 0 aromatic heterocycles. The number of nitrogens with zero attached hydrogens (tertiary/aromatic N) is 2. The van der Waals surface area contributed by atoms with E-state index in [1.165, 1.54) is 141 Å². The van der Waals surface area contributed by atoms with E-state index in [4.69, 9.17) is 11.5 Å². The van der Waals surface area contributed by atoms with E-state index >= 15 is 0 Å². The van der Waals surface area contributed by atoms with Gasteiger partial charge < -0.3 is 31.5 Å². The number of nitrogens with two attached hydrogens (primary N) is 2. The first-order valence-corrected chi connectivity index (χ1v) is 22.4. The zero-order valence-electron chi connectivity index (χ0n) is 34.8. The van der Waals surface area contributed by atoms with Crippen molar-refractivity contribution in [2.75, 3.05) is 52.4 Å². The van der Waals surface area contributed by atoms with Crippen molar-refractivity contribution in [1.29, 1.82) is 0 Å². The van der Waals surface area contributed by atoms with Crippen molar-refractivity contribution >= 4 is 0 Å². The Balaban J connectivity index is 4.13. The molecule has 2 unspecified atom stereocenters. The highest BCUT2D eigenvalue weighted by Gasteiger charge is 2.13. The van der Waals surface area contributed by atoms with Gasteiger partial charge >= 0.3 is 0 Å². The fourth-order valence-corrected chi connectivity index (χ4v) is 6.65. The van der Waals surface area contributed by atoms with Gasteiger partial charge in [-0.1, -0.05) is 140 Å². The summed E-state index contributed by atoms with van der Waals surface area (Å²) in [5, 5.41) is 20.5. The van der Waals surface area contributed by atoms with Gasteiger partial charge in [-0.05, 0) is 116 Å². The van der Waals surface area contributed by atoms with Crippen LogP contribution in [-0.2, 0) is 0 Å². The van der Waals surface area contributed by atoms with Crippen LogP contribution in [-0.4, -0.2) is 84.6 Å². The van der Waals surface area contributed by atoms with Gasteiger partial charge in [-0.3, -0.25) is 0 Å². The van der Waals surface area contributed by atoms with Crippen molar-refractivity contribution in [3.05, 3.63) is 48.6 Å². The normalized spacial score (nSPS) is 13.8. The van der Waals surface area contributed by atoms with Crippen LogP contribution in [0.1, 0.15) is 181 Å². The molecule has 2 atom stereocenters. The quantitative estimate of drug-likeness (QED) is 0.0369. The minimum Gasteiger partial charge on any atom is -0.390 e. The van der Waals surface area contributed by atoms with Gasteiger partial charge in [-0.2, -0.15) is 0 Å². The van der Waals surface area contributed by atoms with E-state index in [1.54, 1.807) is 0 Å². The molecular formula is C46H90N4O2. The SMILES string of the molecule is CCCCC/C=C\C/C=C\CCCCCCCCN(CCCCN(CCCCCCCC/C=C\C/C=C\CCCCC)CC(O)CN)CC(O)CN. The van der Waals surface area contributed by atoms with Crippen LogP contribution >= 0.6 is 0 Å². The molecule has 0 rings (SSSR count). The summed E-state index contributed by atoms with van der Waals surface area (Å²) in [5.41, 5.74) is 11.5. The second kappa shape index (κ2) is 42.5. The molecule has 306 valence electrons. The molecule has 52 heavy (non-hydrogen) atoms. The zero-order chi connectivity index (χ0) is 38.0. The molecule has 0 fully saturated rings. The first-order chi connectivity index (χ1) is 25.6. The molecule has 0 spiro atoms. The maximum absolute atomic E-state index is 10.3. The number of aliphatic hydroxyl groups is 2. The summed E-state index contributed by atoms with van der Waals surface area (Å²) in [7, 11) is 0. The maximum atomic E-state index is 10.3. The van der Waals surface area contributed by atoms with Crippen LogP contribution in [0.4, 0.5) is 0 Å². The Bertz CT molecular complexity index is 748. The highest BCUT2D eigenvalue weighted by Crippen LogP contribution is 2.12. The van der Waals surface area contributed by atoms with Gasteiger partial charge in [-0.15, -0.1) is 0 Å². The Morgan fingerprint density at radius 2 is 0.654 bits per heavy atom. The van der Waals surface area contributed by atoms with Crippen molar-refractivity contribution in [2.45, 2.75) is 193 Å². The van der Waals surface area contributed by atoms with Crippen LogP contribution < -0.4 is 11.5 Å². The van der Waals surface area contributed by atoms with Crippen LogP contribution in [0.15, 0.2) is 48.6 Å². The molecule has 0 aliphatic carbocycles. The monoisotopic (exact) mass is 731 g/mol. The summed E-state index contributed by atoms with van der Waals surface area (Å²) in [4.78, 5) is 4.84. The van der Waals surface area contributed by atoms with Crippen LogP contribution in [0.5, 0.6) is 0 Å². The van der Waals surface area contributed by atoms with Crippen LogP contribution in [0.3, 0.4) is 0 Å². The minimum atomic E-state index is -0.454. The van der Waals surface area contributed by atoms with E-state index in [1.807, 2.05) is 0 Å². The summed E-state index contributed by atoms with van der Waals surface area (Å²) >= 11 is 0. The maximum Gasteiger partial charge on any atom is 0.0789 e. The van der Waals surface area contributed by atoms with Crippen molar-refractivity contribution in [3.8, 4) is 0 Å². The predicted octanol–water partition coefficient (Wildman–Crippen LogP) is 10.6. The molecule has 0 aromatic carbocycles. The lowest BCUT2D eigenvalue weighted by Gasteiger charge is -2.27. The molecule has 6 nitrogen and oxygen atoms in total. The van der Waals surface area contributed by atoms with E-state index in [9.17, 15) is 10.2 Å². The minimum absolute atomic E-state index is 0.319. The standard InChI is InChI=1S/C46H90N4O2/c1-3-5-7-9-11-13-15-17-19-21-23-25-27-29-31-33-37-49(43-45(51)41-47)39-35-36-40-50(44-46(52)42-48)38-34-32-30-28-26-24-22-20-18-16-14-12-10-8-6-4-2/h11-14,17-20,45-46,51-52H,3-10,15-16,21-44,47-48H2,1-2H3/b13-11-,14-12-,19-17-,20-18-. The van der Waals surface area contributed by atoms with Gasteiger partial charge in [0.2, 0.25) is 0 Å². The fraction of sp³-hybridized carbons (Fsp3) is 0.826. The second-order valence-corrected chi connectivity index (χ2v) is 15.3. The predicted molar refractivity (Wildman–Crippen MR) is 231 cm³/mol. The molecular weight excluding hydrogens is 641 g/mol. The lowest BCUT2D eigenvalue weighted by molar-refractivity contribution is 0.107. The summed E-state index contributed by atoms with van der Waals surface area (Å²) < 4.78 is 0. The molecule has 0 heterocycles. The van der Waals surface area contributed by atoms with Crippen molar-refractivity contribution in [3.63, 3.8) is 0 Å². The van der Waals surface area contributed by atoms with Gasteiger partial charge in [0.05, 0.1) is 12.2 Å². The molecule has 0 saturated heterocycles. The lowest BCUT2D eigenvalue weighted by atomic mass is 10.1. The van der Waals surface area contributed by atoms with E-state index in [0.717, 1.165) is 51.9 Å². The number of hydrogen-bond acceptors (Lipinski definition) is 6. The molecule has 0 bridgehead atoms. The van der Waals surface area contributed by atoms with Gasteiger partial charge in [-0.25, -0.2) is 0 Å². The number of hydrogen-bond donors (Lipinski definition) is 4. The van der Waals surface area contributed by atoms with Crippen molar-refractivity contribution < 1.29 is 10.2 Å². The van der Waals surface area contributed by atoms with Gasteiger partial charge in [0.1, 0.15) is 0 Å².